The number of hydrogen-bond donors (Lipinski definition) is 2. The van der Waals surface area contributed by atoms with Crippen molar-refractivity contribution in [3.8, 4) is 22.4 Å². The molecule has 0 spiro atoms. The molecule has 0 saturated carbocycles. The third-order valence-electron chi connectivity index (χ3n) is 5.56. The lowest BCUT2D eigenvalue weighted by Gasteiger charge is -2.16. The van der Waals surface area contributed by atoms with Crippen LogP contribution in [0.4, 0.5) is 0 Å². The maximum atomic E-state index is 12.8. The van der Waals surface area contributed by atoms with Gasteiger partial charge in [0.2, 0.25) is 10.0 Å². The Hall–Kier alpha value is -3.01. The topological polar surface area (TPSA) is 104 Å². The van der Waals surface area contributed by atoms with Gasteiger partial charge in [-0.15, -0.1) is 0 Å². The number of nitrogens with one attached hydrogen (secondary N) is 1. The number of hydrogen-bond acceptors (Lipinski definition) is 5. The Morgan fingerprint density at radius 2 is 1.87 bits per heavy atom. The highest BCUT2D eigenvalue weighted by atomic mass is 32.2. The molecule has 8 nitrogen and oxygen atoms in total. The fraction of sp³-hybridized carbons (Fsp3) is 0.238. The summed E-state index contributed by atoms with van der Waals surface area (Å²) < 4.78 is 28.9. The summed E-state index contributed by atoms with van der Waals surface area (Å²) in [6.45, 7) is 2.46. The summed E-state index contributed by atoms with van der Waals surface area (Å²) in [6, 6.07) is 10.8. The minimum Gasteiger partial charge on any atom is -0.392 e. The standard InChI is InChI=1S/C21H21N5O3S/c1-14-19(10-23-24-14)16-4-7-21-22-11-20(26(21)12-16)15-2-5-18(6-3-15)30(28,29)25-9-8-17(27)13-25/h2-7,10-12,17,27H,8-9,13H2,1H3,(H,23,24). The number of aliphatic hydroxyl groups is 1. The lowest BCUT2D eigenvalue weighted by molar-refractivity contribution is 0.189. The lowest BCUT2D eigenvalue weighted by atomic mass is 10.1. The number of aliphatic hydroxyl groups excluding tert-OH is 1. The van der Waals surface area contributed by atoms with Gasteiger partial charge in [-0.2, -0.15) is 9.40 Å². The zero-order valence-electron chi connectivity index (χ0n) is 16.4. The molecule has 1 saturated heterocycles. The Labute approximate surface area is 173 Å². The third kappa shape index (κ3) is 3.11. The third-order valence-corrected chi connectivity index (χ3v) is 7.44. The normalized spacial score (nSPS) is 17.7. The monoisotopic (exact) mass is 423 g/mol. The van der Waals surface area contributed by atoms with Crippen LogP contribution in [-0.2, 0) is 10.0 Å². The number of benzene rings is 1. The fourth-order valence-corrected chi connectivity index (χ4v) is 5.36. The molecule has 30 heavy (non-hydrogen) atoms. The summed E-state index contributed by atoms with van der Waals surface area (Å²) in [4.78, 5) is 4.69. The molecular formula is C21H21N5O3S. The predicted octanol–water partition coefficient (Wildman–Crippen LogP) is 2.46. The van der Waals surface area contributed by atoms with Crippen LogP contribution in [0.3, 0.4) is 0 Å². The molecule has 1 aliphatic heterocycles. The molecular weight excluding hydrogens is 402 g/mol. The van der Waals surface area contributed by atoms with Crippen LogP contribution in [0.2, 0.25) is 0 Å². The van der Waals surface area contributed by atoms with Crippen molar-refractivity contribution in [2.24, 2.45) is 0 Å². The highest BCUT2D eigenvalue weighted by Gasteiger charge is 2.31. The molecule has 0 amide bonds. The van der Waals surface area contributed by atoms with E-state index in [0.717, 1.165) is 33.7 Å². The van der Waals surface area contributed by atoms with E-state index in [-0.39, 0.29) is 11.4 Å². The van der Waals surface area contributed by atoms with Crippen LogP contribution in [0.5, 0.6) is 0 Å². The average Bonchev–Trinajstić information content (AvgIpc) is 3.47. The zero-order chi connectivity index (χ0) is 20.9. The average molecular weight is 423 g/mol. The minimum absolute atomic E-state index is 0.146. The van der Waals surface area contributed by atoms with Crippen molar-refractivity contribution in [2.75, 3.05) is 13.1 Å². The highest BCUT2D eigenvalue weighted by Crippen LogP contribution is 2.28. The molecule has 5 rings (SSSR count). The largest absolute Gasteiger partial charge is 0.392 e. The smallest absolute Gasteiger partial charge is 0.243 e. The Morgan fingerprint density at radius 3 is 2.53 bits per heavy atom. The van der Waals surface area contributed by atoms with E-state index in [1.54, 1.807) is 36.7 Å². The number of nitrogens with zero attached hydrogens (tertiary/aromatic N) is 4. The summed E-state index contributed by atoms with van der Waals surface area (Å²) in [6.07, 6.45) is 5.46. The van der Waals surface area contributed by atoms with E-state index in [1.807, 2.05) is 29.7 Å². The number of sulfonamides is 1. The number of aromatic nitrogens is 4. The molecule has 0 radical (unpaired) electrons. The molecule has 1 unspecified atom stereocenters. The number of fused-ring (bicyclic) bond motifs is 1. The molecule has 1 aliphatic rings. The van der Waals surface area contributed by atoms with Gasteiger partial charge in [-0.3, -0.25) is 9.50 Å². The maximum absolute atomic E-state index is 12.8. The first-order valence-corrected chi connectivity index (χ1v) is 11.1. The SMILES string of the molecule is Cc1[nH]ncc1-c1ccc2ncc(-c3ccc(S(=O)(=O)N4CCC(O)C4)cc3)n2c1. The fourth-order valence-electron chi connectivity index (χ4n) is 3.87. The van der Waals surface area contributed by atoms with Crippen molar-refractivity contribution < 1.29 is 13.5 Å². The first-order valence-electron chi connectivity index (χ1n) is 9.69. The molecule has 9 heteroatoms. The summed E-state index contributed by atoms with van der Waals surface area (Å²) in [7, 11) is -3.60. The molecule has 1 fully saturated rings. The van der Waals surface area contributed by atoms with Gasteiger partial charge in [0.25, 0.3) is 0 Å². The highest BCUT2D eigenvalue weighted by molar-refractivity contribution is 7.89. The van der Waals surface area contributed by atoms with E-state index >= 15 is 0 Å². The van der Waals surface area contributed by atoms with Gasteiger partial charge < -0.3 is 5.11 Å². The van der Waals surface area contributed by atoms with Crippen molar-refractivity contribution in [3.63, 3.8) is 0 Å². The Bertz CT molecular complexity index is 1320. The van der Waals surface area contributed by atoms with Crippen molar-refractivity contribution in [1.82, 2.24) is 23.9 Å². The van der Waals surface area contributed by atoms with Crippen molar-refractivity contribution in [1.29, 1.82) is 0 Å². The first-order chi connectivity index (χ1) is 14.4. The number of rotatable bonds is 4. The van der Waals surface area contributed by atoms with Gasteiger partial charge in [0.1, 0.15) is 5.65 Å². The number of imidazole rings is 1. The van der Waals surface area contributed by atoms with Gasteiger partial charge >= 0.3 is 0 Å². The van der Waals surface area contributed by atoms with Crippen LogP contribution in [0.15, 0.2) is 59.9 Å². The second-order valence-electron chi connectivity index (χ2n) is 7.53. The van der Waals surface area contributed by atoms with E-state index in [4.69, 9.17) is 0 Å². The minimum atomic E-state index is -3.60. The van der Waals surface area contributed by atoms with E-state index in [2.05, 4.69) is 15.2 Å². The summed E-state index contributed by atoms with van der Waals surface area (Å²) in [5.41, 5.74) is 5.55. The van der Waals surface area contributed by atoms with Crippen LogP contribution in [0.25, 0.3) is 28.0 Å². The van der Waals surface area contributed by atoms with Crippen molar-refractivity contribution in [2.45, 2.75) is 24.3 Å². The first kappa shape index (κ1) is 19.0. The summed E-state index contributed by atoms with van der Waals surface area (Å²) in [5, 5.41) is 16.7. The van der Waals surface area contributed by atoms with E-state index in [1.165, 1.54) is 4.31 Å². The van der Waals surface area contributed by atoms with Crippen LogP contribution >= 0.6 is 0 Å². The van der Waals surface area contributed by atoms with Gasteiger partial charge in [0.05, 0.1) is 29.1 Å². The summed E-state index contributed by atoms with van der Waals surface area (Å²) in [5.74, 6) is 0. The molecule has 4 aromatic rings. The second-order valence-corrected chi connectivity index (χ2v) is 9.47. The zero-order valence-corrected chi connectivity index (χ0v) is 17.2. The van der Waals surface area contributed by atoms with Gasteiger partial charge in [-0.1, -0.05) is 12.1 Å². The molecule has 1 atom stereocenters. The van der Waals surface area contributed by atoms with E-state index in [9.17, 15) is 13.5 Å². The quantitative estimate of drug-likeness (QED) is 0.525. The van der Waals surface area contributed by atoms with Gasteiger partial charge in [0, 0.05) is 41.7 Å². The van der Waals surface area contributed by atoms with E-state index < -0.39 is 16.1 Å². The van der Waals surface area contributed by atoms with Crippen LogP contribution in [0, 0.1) is 6.92 Å². The molecule has 0 bridgehead atoms. The maximum Gasteiger partial charge on any atom is 0.243 e. The number of aromatic amines is 1. The Balaban J connectivity index is 1.51. The number of β-amino-alcohol motifs (C(OH)–C–C–N with tert-alkyl or cyclic N) is 1. The molecule has 3 aromatic heterocycles. The van der Waals surface area contributed by atoms with Crippen molar-refractivity contribution >= 4 is 15.7 Å². The van der Waals surface area contributed by atoms with Crippen LogP contribution in [-0.4, -0.2) is 56.6 Å². The molecule has 154 valence electrons. The molecule has 4 heterocycles. The number of pyridine rings is 1. The van der Waals surface area contributed by atoms with E-state index in [0.29, 0.717) is 13.0 Å². The van der Waals surface area contributed by atoms with Gasteiger partial charge in [0.15, 0.2) is 0 Å². The molecule has 2 N–H and O–H groups in total. The summed E-state index contributed by atoms with van der Waals surface area (Å²) >= 11 is 0. The van der Waals surface area contributed by atoms with Gasteiger partial charge in [-0.25, -0.2) is 13.4 Å². The number of H-pyrrole nitrogens is 1. The number of aryl methyl sites for hydroxylation is 1. The Kier molecular flexibility index (Phi) is 4.46. The Morgan fingerprint density at radius 1 is 1.10 bits per heavy atom. The van der Waals surface area contributed by atoms with Crippen LogP contribution in [0.1, 0.15) is 12.1 Å². The van der Waals surface area contributed by atoms with Crippen molar-refractivity contribution in [3.05, 3.63) is 60.7 Å². The molecule has 0 aliphatic carbocycles. The second kappa shape index (κ2) is 7.05. The molecule has 1 aromatic carbocycles. The van der Waals surface area contributed by atoms with Gasteiger partial charge in [-0.05, 0) is 37.6 Å². The predicted molar refractivity (Wildman–Crippen MR) is 112 cm³/mol. The van der Waals surface area contributed by atoms with Crippen LogP contribution < -0.4 is 0 Å². The lowest BCUT2D eigenvalue weighted by Crippen LogP contribution is -2.29.